The van der Waals surface area contributed by atoms with Gasteiger partial charge in [0.25, 0.3) is 0 Å². The molecule has 0 radical (unpaired) electrons. The predicted molar refractivity (Wildman–Crippen MR) is 63.7 cm³/mol. The van der Waals surface area contributed by atoms with E-state index in [1.165, 1.54) is 6.07 Å². The topological polar surface area (TPSA) is 110 Å². The third-order valence-electron chi connectivity index (χ3n) is 2.59. The summed E-state index contributed by atoms with van der Waals surface area (Å²) in [5.74, 6) is -0.821. The Kier molecular flexibility index (Phi) is 2.53. The first-order valence-corrected chi connectivity index (χ1v) is 5.37. The fourth-order valence-corrected chi connectivity index (χ4v) is 1.74. The van der Waals surface area contributed by atoms with Gasteiger partial charge in [0.1, 0.15) is 0 Å². The molecule has 0 bridgehead atoms. The van der Waals surface area contributed by atoms with E-state index in [0.29, 0.717) is 5.56 Å². The van der Waals surface area contributed by atoms with Crippen LogP contribution in [0.4, 0.5) is 0 Å². The maximum Gasteiger partial charge on any atom is 0.336 e. The van der Waals surface area contributed by atoms with E-state index in [1.807, 2.05) is 0 Å². The number of hydrogen-bond donors (Lipinski definition) is 2. The van der Waals surface area contributed by atoms with Gasteiger partial charge in [-0.3, -0.25) is 0 Å². The molecule has 0 unspecified atom stereocenters. The molecule has 0 aliphatic heterocycles. The second-order valence-electron chi connectivity index (χ2n) is 3.72. The number of carbonyl (C=O) groups is 1. The average Bonchev–Trinajstić information content (AvgIpc) is 3.11. The summed E-state index contributed by atoms with van der Waals surface area (Å²) in [7, 11) is 0. The molecule has 2 heterocycles. The molecule has 1 aromatic carbocycles. The molecule has 0 atom stereocenters. The van der Waals surface area contributed by atoms with E-state index in [2.05, 4.69) is 25.7 Å². The first-order chi connectivity index (χ1) is 9.25. The van der Waals surface area contributed by atoms with Crippen LogP contribution in [0.5, 0.6) is 0 Å². The summed E-state index contributed by atoms with van der Waals surface area (Å²) in [6.07, 6.45) is 3.40. The maximum absolute atomic E-state index is 11.2. The quantitative estimate of drug-likeness (QED) is 0.715. The number of H-pyrrole nitrogens is 1. The number of nitrogens with one attached hydrogen (secondary N) is 1. The van der Waals surface area contributed by atoms with E-state index in [4.69, 9.17) is 0 Å². The van der Waals surface area contributed by atoms with Crippen LogP contribution < -0.4 is 0 Å². The molecule has 3 aromatic rings. The van der Waals surface area contributed by atoms with Crippen LogP contribution in [0.15, 0.2) is 36.7 Å². The molecule has 3 rings (SSSR count). The Morgan fingerprint density at radius 3 is 2.89 bits per heavy atom. The molecule has 8 heteroatoms. The molecular formula is C11H8N6O2. The Hall–Kier alpha value is -3.03. The summed E-state index contributed by atoms with van der Waals surface area (Å²) >= 11 is 0. The Labute approximate surface area is 106 Å². The first kappa shape index (κ1) is 11.1. The van der Waals surface area contributed by atoms with Crippen molar-refractivity contribution in [3.05, 3.63) is 42.2 Å². The van der Waals surface area contributed by atoms with Gasteiger partial charge in [-0.15, -0.1) is 10.2 Å². The van der Waals surface area contributed by atoms with Crippen molar-refractivity contribution in [2.45, 2.75) is 0 Å². The van der Waals surface area contributed by atoms with Gasteiger partial charge in [0.2, 0.25) is 5.82 Å². The number of aromatic amines is 1. The lowest BCUT2D eigenvalue weighted by Gasteiger charge is -2.06. The molecule has 0 fully saturated rings. The first-order valence-electron chi connectivity index (χ1n) is 5.37. The molecule has 0 saturated carbocycles. The fraction of sp³-hybridized carbons (Fsp3) is 0. The number of hydrogen-bond acceptors (Lipinski definition) is 5. The lowest BCUT2D eigenvalue weighted by Crippen LogP contribution is -2.03. The smallest absolute Gasteiger partial charge is 0.336 e. The molecular weight excluding hydrogens is 248 g/mol. The van der Waals surface area contributed by atoms with E-state index < -0.39 is 5.97 Å². The molecule has 94 valence electrons. The van der Waals surface area contributed by atoms with Crippen molar-refractivity contribution in [3.8, 4) is 17.1 Å². The van der Waals surface area contributed by atoms with Crippen molar-refractivity contribution in [2.75, 3.05) is 0 Å². The van der Waals surface area contributed by atoms with Crippen LogP contribution in [-0.2, 0) is 0 Å². The van der Waals surface area contributed by atoms with Crippen molar-refractivity contribution >= 4 is 5.97 Å². The number of aromatic carboxylic acids is 1. The van der Waals surface area contributed by atoms with Crippen LogP contribution in [0.3, 0.4) is 0 Å². The molecule has 2 N–H and O–H groups in total. The highest BCUT2D eigenvalue weighted by Gasteiger charge is 2.16. The molecule has 2 aromatic heterocycles. The van der Waals surface area contributed by atoms with Crippen LogP contribution in [-0.4, -0.2) is 41.5 Å². The van der Waals surface area contributed by atoms with Gasteiger partial charge in [0.05, 0.1) is 11.3 Å². The zero-order valence-electron chi connectivity index (χ0n) is 9.56. The summed E-state index contributed by atoms with van der Waals surface area (Å²) in [6, 6.07) is 6.59. The summed E-state index contributed by atoms with van der Waals surface area (Å²) in [5.41, 5.74) is 1.21. The highest BCUT2D eigenvalue weighted by Crippen LogP contribution is 2.22. The molecule has 0 spiro atoms. The van der Waals surface area contributed by atoms with Crippen molar-refractivity contribution in [1.29, 1.82) is 0 Å². The van der Waals surface area contributed by atoms with Gasteiger partial charge >= 0.3 is 5.97 Å². The summed E-state index contributed by atoms with van der Waals surface area (Å²) < 4.78 is 1.62. The van der Waals surface area contributed by atoms with Gasteiger partial charge < -0.3 is 5.11 Å². The highest BCUT2D eigenvalue weighted by atomic mass is 16.4. The Morgan fingerprint density at radius 2 is 2.26 bits per heavy atom. The van der Waals surface area contributed by atoms with Crippen LogP contribution in [0.1, 0.15) is 10.4 Å². The third kappa shape index (κ3) is 1.95. The van der Waals surface area contributed by atoms with Crippen LogP contribution >= 0.6 is 0 Å². The third-order valence-corrected chi connectivity index (χ3v) is 2.59. The Bertz CT molecular complexity index is 705. The van der Waals surface area contributed by atoms with Gasteiger partial charge in [0, 0.05) is 18.0 Å². The lowest BCUT2D eigenvalue weighted by atomic mass is 10.1. The Morgan fingerprint density at radius 1 is 1.37 bits per heavy atom. The SMILES string of the molecule is O=C(O)c1ccc(-n2cccn2)cc1-c1nn[nH]n1. The molecule has 19 heavy (non-hydrogen) atoms. The maximum atomic E-state index is 11.2. The van der Waals surface area contributed by atoms with E-state index >= 15 is 0 Å². The summed E-state index contributed by atoms with van der Waals surface area (Å²) in [6.45, 7) is 0. The number of benzene rings is 1. The second-order valence-corrected chi connectivity index (χ2v) is 3.72. The highest BCUT2D eigenvalue weighted by molar-refractivity contribution is 5.95. The monoisotopic (exact) mass is 256 g/mol. The van der Waals surface area contributed by atoms with Gasteiger partial charge in [0.15, 0.2) is 0 Å². The number of carboxylic acid groups (broad SMARTS) is 1. The van der Waals surface area contributed by atoms with Gasteiger partial charge in [-0.25, -0.2) is 9.48 Å². The van der Waals surface area contributed by atoms with Crippen LogP contribution in [0.2, 0.25) is 0 Å². The predicted octanol–water partition coefficient (Wildman–Crippen LogP) is 0.751. The number of aromatic nitrogens is 6. The standard InChI is InChI=1S/C11H8N6O2/c18-11(19)8-3-2-7(17-5-1-4-12-17)6-9(8)10-13-15-16-14-10/h1-6H,(H,18,19)(H,13,14,15,16). The molecule has 0 aliphatic carbocycles. The van der Waals surface area contributed by atoms with E-state index in [1.54, 1.807) is 35.3 Å². The lowest BCUT2D eigenvalue weighted by molar-refractivity contribution is 0.0697. The minimum absolute atomic E-state index is 0.109. The average molecular weight is 256 g/mol. The van der Waals surface area contributed by atoms with Crippen molar-refractivity contribution in [2.24, 2.45) is 0 Å². The number of carboxylic acids is 1. The molecule has 0 saturated heterocycles. The van der Waals surface area contributed by atoms with Gasteiger partial charge in [-0.05, 0) is 29.5 Å². The fourth-order valence-electron chi connectivity index (χ4n) is 1.74. The van der Waals surface area contributed by atoms with Gasteiger partial charge in [-0.1, -0.05) is 0 Å². The van der Waals surface area contributed by atoms with Crippen LogP contribution in [0.25, 0.3) is 17.1 Å². The summed E-state index contributed by atoms with van der Waals surface area (Å²) in [5, 5.41) is 26.6. The van der Waals surface area contributed by atoms with E-state index in [0.717, 1.165) is 5.69 Å². The van der Waals surface area contributed by atoms with Gasteiger partial charge in [-0.2, -0.15) is 10.3 Å². The van der Waals surface area contributed by atoms with E-state index in [-0.39, 0.29) is 11.4 Å². The molecule has 0 amide bonds. The summed E-state index contributed by atoms with van der Waals surface area (Å²) in [4.78, 5) is 11.2. The molecule has 8 nitrogen and oxygen atoms in total. The molecule has 0 aliphatic rings. The Balaban J connectivity index is 2.18. The number of nitrogens with zero attached hydrogens (tertiary/aromatic N) is 5. The van der Waals surface area contributed by atoms with Crippen molar-refractivity contribution < 1.29 is 9.90 Å². The minimum Gasteiger partial charge on any atom is -0.478 e. The second kappa shape index (κ2) is 4.33. The zero-order valence-corrected chi connectivity index (χ0v) is 9.56. The number of rotatable bonds is 3. The normalized spacial score (nSPS) is 10.5. The number of tetrazole rings is 1. The van der Waals surface area contributed by atoms with Crippen LogP contribution in [0, 0.1) is 0 Å². The van der Waals surface area contributed by atoms with Crippen molar-refractivity contribution in [1.82, 2.24) is 30.4 Å². The minimum atomic E-state index is -1.05. The van der Waals surface area contributed by atoms with E-state index in [9.17, 15) is 9.90 Å². The van der Waals surface area contributed by atoms with Crippen molar-refractivity contribution in [3.63, 3.8) is 0 Å². The largest absolute Gasteiger partial charge is 0.478 e. The zero-order chi connectivity index (χ0) is 13.2.